The first-order chi connectivity index (χ1) is 12.5. The molecule has 1 aromatic heterocycles. The van der Waals surface area contributed by atoms with Gasteiger partial charge in [0.15, 0.2) is 5.82 Å². The Kier molecular flexibility index (Phi) is 5.48. The fraction of sp³-hybridized carbons (Fsp3) is 0.167. The first-order valence-corrected chi connectivity index (χ1v) is 8.26. The zero-order valence-corrected chi connectivity index (χ0v) is 14.7. The van der Waals surface area contributed by atoms with Crippen molar-refractivity contribution in [3.05, 3.63) is 65.2 Å². The van der Waals surface area contributed by atoms with Gasteiger partial charge in [-0.1, -0.05) is 35.0 Å². The molecule has 0 unspecified atom stereocenters. The van der Waals surface area contributed by atoms with E-state index in [4.69, 9.17) is 16.1 Å². The molecule has 0 atom stereocenters. The second-order valence-electron chi connectivity index (χ2n) is 5.61. The number of anilines is 1. The monoisotopic (exact) mass is 374 g/mol. The average molecular weight is 375 g/mol. The van der Waals surface area contributed by atoms with Gasteiger partial charge in [-0.05, 0) is 30.3 Å². The van der Waals surface area contributed by atoms with Crippen LogP contribution in [0.15, 0.2) is 53.1 Å². The molecular formula is C18H16ClFN4O2. The second-order valence-corrected chi connectivity index (χ2v) is 6.02. The molecule has 26 heavy (non-hydrogen) atoms. The standard InChI is InChI=1S/C18H16ClFN4O2/c1-24(18(25)21-13-7-8-15(20)14(19)11-13)10-9-16-22-17(26-23-16)12-5-3-2-4-6-12/h2-8,11H,9-10H2,1H3,(H,21,25). The Hall–Kier alpha value is -2.93. The van der Waals surface area contributed by atoms with Crippen molar-refractivity contribution in [2.24, 2.45) is 0 Å². The van der Waals surface area contributed by atoms with Gasteiger partial charge in [0, 0.05) is 31.3 Å². The van der Waals surface area contributed by atoms with Gasteiger partial charge in [-0.15, -0.1) is 0 Å². The molecule has 6 nitrogen and oxygen atoms in total. The molecule has 0 fully saturated rings. The minimum atomic E-state index is -0.538. The Morgan fingerprint density at radius 1 is 1.27 bits per heavy atom. The van der Waals surface area contributed by atoms with Crippen LogP contribution in [0, 0.1) is 5.82 Å². The van der Waals surface area contributed by atoms with Crippen molar-refractivity contribution < 1.29 is 13.7 Å². The van der Waals surface area contributed by atoms with Crippen molar-refractivity contribution in [2.75, 3.05) is 18.9 Å². The van der Waals surface area contributed by atoms with Gasteiger partial charge >= 0.3 is 6.03 Å². The summed E-state index contributed by atoms with van der Waals surface area (Å²) < 4.78 is 18.4. The summed E-state index contributed by atoms with van der Waals surface area (Å²) in [5, 5.41) is 6.52. The lowest BCUT2D eigenvalue weighted by molar-refractivity contribution is 0.222. The third-order valence-electron chi connectivity index (χ3n) is 3.68. The van der Waals surface area contributed by atoms with Gasteiger partial charge in [0.25, 0.3) is 5.89 Å². The summed E-state index contributed by atoms with van der Waals surface area (Å²) >= 11 is 5.70. The number of amides is 2. The maximum atomic E-state index is 13.1. The minimum Gasteiger partial charge on any atom is -0.334 e. The number of nitrogens with one attached hydrogen (secondary N) is 1. The number of carbonyl (C=O) groups excluding carboxylic acids is 1. The van der Waals surface area contributed by atoms with E-state index in [-0.39, 0.29) is 11.1 Å². The third-order valence-corrected chi connectivity index (χ3v) is 3.97. The molecule has 2 amide bonds. The maximum Gasteiger partial charge on any atom is 0.321 e. The molecule has 0 aliphatic rings. The molecule has 3 rings (SSSR count). The number of hydrogen-bond donors (Lipinski definition) is 1. The first-order valence-electron chi connectivity index (χ1n) is 7.88. The molecule has 8 heteroatoms. The van der Waals surface area contributed by atoms with Crippen LogP contribution in [0.4, 0.5) is 14.9 Å². The zero-order valence-electron chi connectivity index (χ0n) is 13.9. The zero-order chi connectivity index (χ0) is 18.5. The average Bonchev–Trinajstić information content (AvgIpc) is 3.12. The van der Waals surface area contributed by atoms with Gasteiger partial charge in [-0.2, -0.15) is 4.98 Å². The van der Waals surface area contributed by atoms with Gasteiger partial charge in [-0.25, -0.2) is 9.18 Å². The number of carbonyl (C=O) groups is 1. The lowest BCUT2D eigenvalue weighted by Gasteiger charge is -2.17. The summed E-state index contributed by atoms with van der Waals surface area (Å²) in [6.07, 6.45) is 0.435. The van der Waals surface area contributed by atoms with Crippen LogP contribution in [-0.2, 0) is 6.42 Å². The van der Waals surface area contributed by atoms with Gasteiger partial charge in [-0.3, -0.25) is 0 Å². The van der Waals surface area contributed by atoms with Crippen LogP contribution in [0.25, 0.3) is 11.5 Å². The van der Waals surface area contributed by atoms with Gasteiger partial charge < -0.3 is 14.7 Å². The molecule has 0 saturated heterocycles. The fourth-order valence-electron chi connectivity index (χ4n) is 2.22. The molecule has 2 aromatic carbocycles. The van der Waals surface area contributed by atoms with E-state index in [1.807, 2.05) is 30.3 Å². The van der Waals surface area contributed by atoms with Crippen molar-refractivity contribution in [3.63, 3.8) is 0 Å². The lowest BCUT2D eigenvalue weighted by Crippen LogP contribution is -2.33. The van der Waals surface area contributed by atoms with E-state index >= 15 is 0 Å². The Labute approximate surface area is 154 Å². The minimum absolute atomic E-state index is 0.0503. The summed E-state index contributed by atoms with van der Waals surface area (Å²) in [6.45, 7) is 0.383. The number of benzene rings is 2. The molecule has 0 radical (unpaired) electrons. The smallest absolute Gasteiger partial charge is 0.321 e. The fourth-order valence-corrected chi connectivity index (χ4v) is 2.40. The molecule has 0 saturated carbocycles. The topological polar surface area (TPSA) is 71.3 Å². The summed E-state index contributed by atoms with van der Waals surface area (Å²) in [4.78, 5) is 18.0. The molecule has 3 aromatic rings. The normalized spacial score (nSPS) is 10.6. The second kappa shape index (κ2) is 7.97. The highest BCUT2D eigenvalue weighted by Crippen LogP contribution is 2.20. The first kappa shape index (κ1) is 17.9. The predicted molar refractivity (Wildman–Crippen MR) is 96.5 cm³/mol. The number of hydrogen-bond acceptors (Lipinski definition) is 4. The Morgan fingerprint density at radius 3 is 2.77 bits per heavy atom. The highest BCUT2D eigenvalue weighted by molar-refractivity contribution is 6.31. The van der Waals surface area contributed by atoms with Crippen LogP contribution < -0.4 is 5.32 Å². The van der Waals surface area contributed by atoms with E-state index in [1.54, 1.807) is 7.05 Å². The van der Waals surface area contributed by atoms with Crippen LogP contribution in [-0.4, -0.2) is 34.7 Å². The molecule has 0 bridgehead atoms. The van der Waals surface area contributed by atoms with Crippen molar-refractivity contribution >= 4 is 23.3 Å². The van der Waals surface area contributed by atoms with Crippen LogP contribution in [0.1, 0.15) is 5.82 Å². The SMILES string of the molecule is CN(CCc1noc(-c2ccccc2)n1)C(=O)Nc1ccc(F)c(Cl)c1. The summed E-state index contributed by atoms with van der Waals surface area (Å²) in [6, 6.07) is 13.1. The van der Waals surface area contributed by atoms with E-state index in [0.29, 0.717) is 30.4 Å². The number of halogens is 2. The molecule has 134 valence electrons. The Morgan fingerprint density at radius 2 is 2.04 bits per heavy atom. The molecule has 1 N–H and O–H groups in total. The number of nitrogens with zero attached hydrogens (tertiary/aromatic N) is 3. The number of likely N-dealkylation sites (N-methyl/N-ethyl adjacent to an activating group) is 1. The van der Waals surface area contributed by atoms with Crippen molar-refractivity contribution in [1.82, 2.24) is 15.0 Å². The quantitative estimate of drug-likeness (QED) is 0.725. The van der Waals surface area contributed by atoms with E-state index in [2.05, 4.69) is 15.5 Å². The maximum absolute atomic E-state index is 13.1. The van der Waals surface area contributed by atoms with Crippen LogP contribution in [0.5, 0.6) is 0 Å². The Balaban J connectivity index is 1.55. The van der Waals surface area contributed by atoms with Crippen molar-refractivity contribution in [3.8, 4) is 11.5 Å². The van der Waals surface area contributed by atoms with Crippen molar-refractivity contribution in [2.45, 2.75) is 6.42 Å². The van der Waals surface area contributed by atoms with E-state index in [9.17, 15) is 9.18 Å². The van der Waals surface area contributed by atoms with Gasteiger partial charge in [0.2, 0.25) is 0 Å². The number of aromatic nitrogens is 2. The highest BCUT2D eigenvalue weighted by Gasteiger charge is 2.13. The van der Waals surface area contributed by atoms with Crippen LogP contribution >= 0.6 is 11.6 Å². The number of urea groups is 1. The Bertz CT molecular complexity index is 901. The summed E-state index contributed by atoms with van der Waals surface area (Å²) in [7, 11) is 1.64. The van der Waals surface area contributed by atoms with Crippen LogP contribution in [0.2, 0.25) is 5.02 Å². The largest absolute Gasteiger partial charge is 0.334 e. The van der Waals surface area contributed by atoms with Gasteiger partial charge in [0.1, 0.15) is 5.82 Å². The molecule has 0 aliphatic heterocycles. The van der Waals surface area contributed by atoms with E-state index in [1.165, 1.54) is 23.1 Å². The van der Waals surface area contributed by atoms with E-state index < -0.39 is 5.82 Å². The van der Waals surface area contributed by atoms with E-state index in [0.717, 1.165) is 5.56 Å². The molecule has 0 spiro atoms. The highest BCUT2D eigenvalue weighted by atomic mass is 35.5. The molecule has 0 aliphatic carbocycles. The van der Waals surface area contributed by atoms with Crippen molar-refractivity contribution in [1.29, 1.82) is 0 Å². The van der Waals surface area contributed by atoms with Crippen LogP contribution in [0.3, 0.4) is 0 Å². The predicted octanol–water partition coefficient (Wildman–Crippen LogP) is 4.24. The summed E-state index contributed by atoms with van der Waals surface area (Å²) in [5.41, 5.74) is 1.25. The lowest BCUT2D eigenvalue weighted by atomic mass is 10.2. The third kappa shape index (κ3) is 4.37. The van der Waals surface area contributed by atoms with Gasteiger partial charge in [0.05, 0.1) is 5.02 Å². The molecular weight excluding hydrogens is 359 g/mol. The number of rotatable bonds is 5. The summed E-state index contributed by atoms with van der Waals surface area (Å²) in [5.74, 6) is 0.409. The molecule has 1 heterocycles.